The van der Waals surface area contributed by atoms with Crippen molar-refractivity contribution >= 4 is 11.9 Å². The number of hydrogen-bond donors (Lipinski definition) is 3. The maximum absolute atomic E-state index is 12.0. The van der Waals surface area contributed by atoms with Crippen LogP contribution in [0.3, 0.4) is 0 Å². The van der Waals surface area contributed by atoms with E-state index in [0.717, 1.165) is 50.4 Å². The molecule has 7 heteroatoms. The Hall–Kier alpha value is -2.02. The number of piperidine rings is 1. The van der Waals surface area contributed by atoms with E-state index in [1.54, 1.807) is 6.07 Å². The van der Waals surface area contributed by atoms with E-state index < -0.39 is 0 Å². The van der Waals surface area contributed by atoms with Gasteiger partial charge in [-0.15, -0.1) is 0 Å². The van der Waals surface area contributed by atoms with Gasteiger partial charge in [0.15, 0.2) is 11.7 Å². The van der Waals surface area contributed by atoms with Gasteiger partial charge in [0.25, 0.3) is 5.91 Å². The van der Waals surface area contributed by atoms with E-state index in [9.17, 15) is 4.79 Å². The first-order chi connectivity index (χ1) is 13.0. The molecule has 0 saturated carbocycles. The van der Waals surface area contributed by atoms with Crippen molar-refractivity contribution in [2.75, 3.05) is 32.7 Å². The van der Waals surface area contributed by atoms with E-state index in [1.165, 1.54) is 6.26 Å². The second kappa shape index (κ2) is 11.0. The molecule has 0 bridgehead atoms. The van der Waals surface area contributed by atoms with Crippen LogP contribution in [-0.4, -0.2) is 61.6 Å². The Morgan fingerprint density at radius 3 is 2.67 bits per heavy atom. The van der Waals surface area contributed by atoms with Gasteiger partial charge in [-0.25, -0.2) is 0 Å². The van der Waals surface area contributed by atoms with Crippen LogP contribution in [0.25, 0.3) is 0 Å². The lowest BCUT2D eigenvalue weighted by Gasteiger charge is -2.35. The molecule has 7 nitrogen and oxygen atoms in total. The summed E-state index contributed by atoms with van der Waals surface area (Å²) in [5.41, 5.74) is 0.854. The number of likely N-dealkylation sites (tertiary alicyclic amines) is 1. The minimum Gasteiger partial charge on any atom is -0.459 e. The molecule has 0 radical (unpaired) electrons. The van der Waals surface area contributed by atoms with E-state index in [4.69, 9.17) is 4.42 Å². The predicted molar refractivity (Wildman–Crippen MR) is 109 cm³/mol. The van der Waals surface area contributed by atoms with Crippen LogP contribution in [0.2, 0.25) is 0 Å². The number of guanidine groups is 1. The molecule has 1 saturated heterocycles. The molecule has 3 N–H and O–H groups in total. The van der Waals surface area contributed by atoms with E-state index in [2.05, 4.69) is 46.6 Å². The summed E-state index contributed by atoms with van der Waals surface area (Å²) >= 11 is 0. The zero-order valence-electron chi connectivity index (χ0n) is 17.2. The largest absolute Gasteiger partial charge is 0.459 e. The van der Waals surface area contributed by atoms with Crippen molar-refractivity contribution < 1.29 is 9.21 Å². The lowest BCUT2D eigenvalue weighted by atomic mass is 10.0. The summed E-state index contributed by atoms with van der Waals surface area (Å²) in [4.78, 5) is 19.2. The first-order valence-electron chi connectivity index (χ1n) is 10.1. The summed E-state index contributed by atoms with van der Waals surface area (Å²) in [5, 5.41) is 9.75. The average Bonchev–Trinajstić information content (AvgIpc) is 3.08. The second-order valence-corrected chi connectivity index (χ2v) is 7.35. The van der Waals surface area contributed by atoms with Gasteiger partial charge >= 0.3 is 0 Å². The standard InChI is InChI=1S/C20H35N5O2/c1-5-21-20(24-17-7-12-25(13-8-17)15(2)3)23-11-6-10-22-19(26)18-16(4)9-14-27-18/h9,14-15,17H,5-8,10-13H2,1-4H3,(H,22,26)(H2,21,23,24). The number of carbonyl (C=O) groups excluding carboxylic acids is 1. The lowest BCUT2D eigenvalue weighted by molar-refractivity contribution is 0.0925. The fraction of sp³-hybridized carbons (Fsp3) is 0.700. The number of hydrogen-bond acceptors (Lipinski definition) is 4. The smallest absolute Gasteiger partial charge is 0.287 e. The fourth-order valence-corrected chi connectivity index (χ4v) is 3.23. The molecule has 0 aliphatic carbocycles. The molecule has 2 rings (SSSR count). The molecule has 1 aromatic rings. The third kappa shape index (κ3) is 6.90. The Morgan fingerprint density at radius 1 is 1.33 bits per heavy atom. The Morgan fingerprint density at radius 2 is 2.07 bits per heavy atom. The maximum Gasteiger partial charge on any atom is 0.287 e. The van der Waals surface area contributed by atoms with Crippen molar-refractivity contribution in [2.24, 2.45) is 4.99 Å². The van der Waals surface area contributed by atoms with Gasteiger partial charge in [0.05, 0.1) is 6.26 Å². The van der Waals surface area contributed by atoms with Crippen molar-refractivity contribution in [3.63, 3.8) is 0 Å². The summed E-state index contributed by atoms with van der Waals surface area (Å²) in [7, 11) is 0. The third-order valence-corrected chi connectivity index (χ3v) is 4.90. The quantitative estimate of drug-likeness (QED) is 0.367. The van der Waals surface area contributed by atoms with Crippen molar-refractivity contribution in [1.82, 2.24) is 20.9 Å². The summed E-state index contributed by atoms with van der Waals surface area (Å²) in [5.74, 6) is 1.10. The number of furan rings is 1. The molecule has 1 aromatic heterocycles. The van der Waals surface area contributed by atoms with Gasteiger partial charge in [0.1, 0.15) is 0 Å². The van der Waals surface area contributed by atoms with E-state index in [1.807, 2.05) is 6.92 Å². The summed E-state index contributed by atoms with van der Waals surface area (Å²) in [6.45, 7) is 12.8. The zero-order valence-corrected chi connectivity index (χ0v) is 17.2. The van der Waals surface area contributed by atoms with Gasteiger partial charge in [-0.2, -0.15) is 0 Å². The molecular formula is C20H35N5O2. The van der Waals surface area contributed by atoms with Crippen LogP contribution < -0.4 is 16.0 Å². The van der Waals surface area contributed by atoms with Crippen LogP contribution in [0, 0.1) is 6.92 Å². The maximum atomic E-state index is 12.0. The minimum atomic E-state index is -0.163. The third-order valence-electron chi connectivity index (χ3n) is 4.90. The van der Waals surface area contributed by atoms with Gasteiger partial charge in [0.2, 0.25) is 0 Å². The van der Waals surface area contributed by atoms with Crippen molar-refractivity contribution in [3.05, 3.63) is 23.7 Å². The first-order valence-corrected chi connectivity index (χ1v) is 10.1. The topological polar surface area (TPSA) is 81.9 Å². The van der Waals surface area contributed by atoms with E-state index in [0.29, 0.717) is 30.9 Å². The van der Waals surface area contributed by atoms with Crippen LogP contribution in [0.4, 0.5) is 0 Å². The monoisotopic (exact) mass is 377 g/mol. The normalized spacial score (nSPS) is 16.6. The molecule has 27 heavy (non-hydrogen) atoms. The number of aliphatic imine (C=N–C) groups is 1. The molecule has 0 spiro atoms. The highest BCUT2D eigenvalue weighted by atomic mass is 16.3. The Bertz CT molecular complexity index is 603. The van der Waals surface area contributed by atoms with Crippen LogP contribution in [-0.2, 0) is 0 Å². The van der Waals surface area contributed by atoms with Gasteiger partial charge in [-0.3, -0.25) is 9.79 Å². The molecule has 1 aliphatic rings. The van der Waals surface area contributed by atoms with E-state index >= 15 is 0 Å². The fourth-order valence-electron chi connectivity index (χ4n) is 3.23. The Balaban J connectivity index is 1.70. The molecule has 0 unspecified atom stereocenters. The Labute approximate surface area is 163 Å². The number of aryl methyl sites for hydroxylation is 1. The molecule has 1 fully saturated rings. The number of amides is 1. The molecule has 0 aromatic carbocycles. The number of nitrogens with zero attached hydrogens (tertiary/aromatic N) is 2. The highest BCUT2D eigenvalue weighted by Crippen LogP contribution is 2.12. The van der Waals surface area contributed by atoms with Crippen molar-refractivity contribution in [1.29, 1.82) is 0 Å². The second-order valence-electron chi connectivity index (χ2n) is 7.35. The van der Waals surface area contributed by atoms with Gasteiger partial charge in [0, 0.05) is 50.4 Å². The molecule has 152 valence electrons. The highest BCUT2D eigenvalue weighted by Gasteiger charge is 2.21. The molecule has 1 amide bonds. The van der Waals surface area contributed by atoms with Gasteiger partial charge in [-0.1, -0.05) is 0 Å². The van der Waals surface area contributed by atoms with Crippen LogP contribution in [0.15, 0.2) is 21.7 Å². The molecule has 2 heterocycles. The number of nitrogens with one attached hydrogen (secondary N) is 3. The number of carbonyl (C=O) groups is 1. The van der Waals surface area contributed by atoms with Crippen LogP contribution >= 0.6 is 0 Å². The molecular weight excluding hydrogens is 342 g/mol. The van der Waals surface area contributed by atoms with Crippen LogP contribution in [0.1, 0.15) is 56.2 Å². The summed E-state index contributed by atoms with van der Waals surface area (Å²) in [6, 6.07) is 2.88. The lowest BCUT2D eigenvalue weighted by Crippen LogP contribution is -2.49. The minimum absolute atomic E-state index is 0.163. The Kier molecular flexibility index (Phi) is 8.64. The SMILES string of the molecule is CCNC(=NCCCNC(=O)c1occc1C)NC1CCN(C(C)C)CC1. The zero-order chi connectivity index (χ0) is 19.6. The number of rotatable bonds is 8. The van der Waals surface area contributed by atoms with Crippen molar-refractivity contribution in [2.45, 2.75) is 59.0 Å². The summed E-state index contributed by atoms with van der Waals surface area (Å²) < 4.78 is 5.20. The predicted octanol–water partition coefficient (Wildman–Crippen LogP) is 2.14. The average molecular weight is 378 g/mol. The van der Waals surface area contributed by atoms with Crippen LogP contribution in [0.5, 0.6) is 0 Å². The first kappa shape index (κ1) is 21.3. The molecule has 0 atom stereocenters. The van der Waals surface area contributed by atoms with Crippen molar-refractivity contribution in [3.8, 4) is 0 Å². The molecule has 1 aliphatic heterocycles. The highest BCUT2D eigenvalue weighted by molar-refractivity contribution is 5.92. The van der Waals surface area contributed by atoms with E-state index in [-0.39, 0.29) is 5.91 Å². The summed E-state index contributed by atoms with van der Waals surface area (Å²) in [6.07, 6.45) is 4.60. The van der Waals surface area contributed by atoms with Gasteiger partial charge in [-0.05, 0) is 53.0 Å². The van der Waals surface area contributed by atoms with Gasteiger partial charge < -0.3 is 25.3 Å².